The van der Waals surface area contributed by atoms with Crippen LogP contribution in [0.25, 0.3) is 0 Å². The molecular formula is C76H161N9. The molecule has 6 saturated heterocycles. The number of piperazine rings is 3. The number of hydrogen-bond acceptors (Lipinski definition) is 9. The Morgan fingerprint density at radius 1 is 0.318 bits per heavy atom. The van der Waals surface area contributed by atoms with E-state index in [1.807, 2.05) is 0 Å². The SMILES string of the molecule is CC(C(C)(C)C)C(C)(C)C.CC(C)(C)CCCNC(C)(C)C.CC(C)(C)N1CC2CCC1CN2C(C)(C)C.CC(C)(C)N1CCCN(C(C)(C)C)CC1.CC(C)(C)N1CCN(C(C)(C)C)C2CCCCC21.CC(C)(C)N1CCN(C(C)(C)C)CC1. The van der Waals surface area contributed by atoms with E-state index in [2.05, 4.69) is 301 Å². The second kappa shape index (κ2) is 32.0. The normalized spacial score (nSPS) is 24.5. The molecule has 2 bridgehead atoms. The van der Waals surface area contributed by atoms with Crippen molar-refractivity contribution < 1.29 is 0 Å². The third-order valence-corrected chi connectivity index (χ3v) is 20.0. The zero-order valence-corrected chi connectivity index (χ0v) is 65.5. The predicted octanol–water partition coefficient (Wildman–Crippen LogP) is 18.0. The van der Waals surface area contributed by atoms with Crippen LogP contribution in [-0.4, -0.2) is 198 Å². The molecule has 0 spiro atoms. The zero-order chi connectivity index (χ0) is 66.8. The molecule has 1 saturated carbocycles. The van der Waals surface area contributed by atoms with E-state index in [9.17, 15) is 0 Å². The second-order valence-corrected chi connectivity index (χ2v) is 40.0. The Bertz CT molecular complexity index is 1680. The smallest absolute Gasteiger partial charge is 0.0257 e. The molecule has 4 atom stereocenters. The van der Waals surface area contributed by atoms with Gasteiger partial charge in [0, 0.05) is 139 Å². The number of hydrogen-bond donors (Lipinski definition) is 1. The van der Waals surface area contributed by atoms with Crippen LogP contribution in [0.2, 0.25) is 0 Å². The minimum Gasteiger partial charge on any atom is -0.312 e. The summed E-state index contributed by atoms with van der Waals surface area (Å²) < 4.78 is 0. The van der Waals surface area contributed by atoms with Crippen LogP contribution in [0.4, 0.5) is 0 Å². The van der Waals surface area contributed by atoms with E-state index >= 15 is 0 Å². The van der Waals surface area contributed by atoms with Crippen LogP contribution in [0.15, 0.2) is 0 Å². The summed E-state index contributed by atoms with van der Waals surface area (Å²) in [6.45, 7) is 102. The fraction of sp³-hybridized carbons (Fsp3) is 1.00. The van der Waals surface area contributed by atoms with E-state index in [0.717, 1.165) is 36.6 Å². The standard InChI is InChI=1S/C16H32N2.C14H28N2.C13H28N2.C12H26N2.C11H25N.C10H22/c1-15(2,3)17-11-12-18(16(4,5)6)14-10-8-7-9-13(14)17;1-13(2,3)15-9-12-8-7-11(15)10-16(12)14(4,5)6;1-12(2,3)14-8-7-9-15(11-10-14)13(4,5)6;1-11(2,3)13-7-9-14(10-8-13)12(4,5)6;1-10(2,3)8-7-9-12-11(4,5)6;1-8(9(2,3)4)10(5,6)7/h13-14H,7-12H2,1-6H3;11-12H,7-10H2,1-6H3;7-11H2,1-6H3;7-10H2,1-6H3;12H,7-9H2,1-6H3;8H,1-7H3. The number of nitrogens with one attached hydrogen (secondary N) is 1. The lowest BCUT2D eigenvalue weighted by Crippen LogP contribution is -2.69. The molecule has 1 N–H and O–H groups in total. The molecule has 9 nitrogen and oxygen atoms in total. The van der Waals surface area contributed by atoms with Gasteiger partial charge in [-0.15, -0.1) is 0 Å². The number of nitrogens with zero attached hydrogens (tertiary/aromatic N) is 8. The van der Waals surface area contributed by atoms with Gasteiger partial charge in [0.25, 0.3) is 0 Å². The molecule has 7 rings (SSSR count). The first-order valence-corrected chi connectivity index (χ1v) is 35.5. The maximum absolute atomic E-state index is 3.49. The van der Waals surface area contributed by atoms with Gasteiger partial charge >= 0.3 is 0 Å². The van der Waals surface area contributed by atoms with E-state index in [1.54, 1.807) is 0 Å². The highest BCUT2D eigenvalue weighted by Gasteiger charge is 2.47. The van der Waals surface area contributed by atoms with Gasteiger partial charge in [0.2, 0.25) is 0 Å². The van der Waals surface area contributed by atoms with Crippen LogP contribution < -0.4 is 5.32 Å². The van der Waals surface area contributed by atoms with Gasteiger partial charge in [-0.25, -0.2) is 0 Å². The fourth-order valence-corrected chi connectivity index (χ4v) is 14.2. The zero-order valence-electron chi connectivity index (χ0n) is 65.5. The van der Waals surface area contributed by atoms with Crippen molar-refractivity contribution in [3.63, 3.8) is 0 Å². The first-order valence-electron chi connectivity index (χ1n) is 35.5. The van der Waals surface area contributed by atoms with E-state index in [-0.39, 0.29) is 5.54 Å². The van der Waals surface area contributed by atoms with Gasteiger partial charge in [-0.1, -0.05) is 82.1 Å². The first kappa shape index (κ1) is 82.7. The number of fused-ring (bicyclic) bond motifs is 4. The van der Waals surface area contributed by atoms with Gasteiger partial charge < -0.3 is 5.32 Å². The summed E-state index contributed by atoms with van der Waals surface area (Å²) in [5.41, 5.74) is 4.30. The molecule has 4 unspecified atom stereocenters. The van der Waals surface area contributed by atoms with E-state index in [1.165, 1.54) is 136 Å². The molecule has 6 aliphatic heterocycles. The minimum atomic E-state index is 0.276. The van der Waals surface area contributed by atoms with Crippen molar-refractivity contribution in [3.8, 4) is 0 Å². The van der Waals surface area contributed by atoms with E-state index in [4.69, 9.17) is 0 Å². The Balaban J connectivity index is 0.000000515. The maximum atomic E-state index is 3.49. The Morgan fingerprint density at radius 3 is 0.788 bits per heavy atom. The summed E-state index contributed by atoms with van der Waals surface area (Å²) in [4.78, 5) is 21.4. The summed E-state index contributed by atoms with van der Waals surface area (Å²) in [6.07, 6.45) is 12.3. The molecule has 510 valence electrons. The Labute approximate surface area is 537 Å². The predicted molar refractivity (Wildman–Crippen MR) is 383 cm³/mol. The fourth-order valence-electron chi connectivity index (χ4n) is 14.2. The Kier molecular flexibility index (Phi) is 31.1. The average molecular weight is 1200 g/mol. The van der Waals surface area contributed by atoms with Crippen LogP contribution >= 0.6 is 0 Å². The van der Waals surface area contributed by atoms with Crippen LogP contribution in [0.1, 0.15) is 314 Å². The molecule has 7 aliphatic rings. The molecule has 1 aliphatic carbocycles. The first-order chi connectivity index (χ1) is 37.7. The molecule has 0 aromatic rings. The van der Waals surface area contributed by atoms with Crippen molar-refractivity contribution in [1.29, 1.82) is 0 Å². The lowest BCUT2D eigenvalue weighted by molar-refractivity contribution is -0.0946. The van der Waals surface area contributed by atoms with Gasteiger partial charge in [0.05, 0.1) is 0 Å². The third-order valence-electron chi connectivity index (χ3n) is 20.0. The topological polar surface area (TPSA) is 38.0 Å². The monoisotopic (exact) mass is 1200 g/mol. The molecule has 7 fully saturated rings. The summed E-state index contributed by atoms with van der Waals surface area (Å²) in [7, 11) is 0. The van der Waals surface area contributed by atoms with Crippen molar-refractivity contribution in [2.75, 3.05) is 85.1 Å². The molecule has 9 heteroatoms. The lowest BCUT2D eigenvalue weighted by atomic mass is 9.68. The van der Waals surface area contributed by atoms with Gasteiger partial charge in [-0.05, 0) is 274 Å². The van der Waals surface area contributed by atoms with Gasteiger partial charge in [0.1, 0.15) is 0 Å². The highest BCUT2D eigenvalue weighted by molar-refractivity contribution is 5.03. The van der Waals surface area contributed by atoms with Gasteiger partial charge in [-0.2, -0.15) is 0 Å². The van der Waals surface area contributed by atoms with Gasteiger partial charge in [0.15, 0.2) is 0 Å². The average Bonchev–Trinajstić information content (AvgIpc) is 3.03. The highest BCUT2D eigenvalue weighted by Crippen LogP contribution is 2.40. The third kappa shape index (κ3) is 30.8. The van der Waals surface area contributed by atoms with Crippen molar-refractivity contribution >= 4 is 0 Å². The lowest BCUT2D eigenvalue weighted by Gasteiger charge is -2.59. The quantitative estimate of drug-likeness (QED) is 0.278. The second-order valence-electron chi connectivity index (χ2n) is 40.0. The van der Waals surface area contributed by atoms with E-state index in [0.29, 0.717) is 60.6 Å². The largest absolute Gasteiger partial charge is 0.312 e. The van der Waals surface area contributed by atoms with Crippen LogP contribution in [0, 0.1) is 22.2 Å². The maximum Gasteiger partial charge on any atom is 0.0257 e. The van der Waals surface area contributed by atoms with Crippen molar-refractivity contribution in [1.82, 2.24) is 44.5 Å². The summed E-state index contributed by atoms with van der Waals surface area (Å²) in [6, 6.07) is 3.13. The summed E-state index contributed by atoms with van der Waals surface area (Å²) in [5.74, 6) is 0.764. The molecule has 0 radical (unpaired) electrons. The van der Waals surface area contributed by atoms with Crippen molar-refractivity contribution in [2.24, 2.45) is 22.2 Å². The molecule has 0 aromatic heterocycles. The van der Waals surface area contributed by atoms with Crippen molar-refractivity contribution in [3.05, 3.63) is 0 Å². The highest BCUT2D eigenvalue weighted by atomic mass is 15.4. The summed E-state index contributed by atoms with van der Waals surface area (Å²) in [5, 5.41) is 3.49. The van der Waals surface area contributed by atoms with Gasteiger partial charge in [-0.3, -0.25) is 39.2 Å². The van der Waals surface area contributed by atoms with E-state index < -0.39 is 0 Å². The van der Waals surface area contributed by atoms with Crippen LogP contribution in [-0.2, 0) is 0 Å². The molecule has 85 heavy (non-hydrogen) atoms. The number of piperidine rings is 2. The molecular weight excluding hydrogens is 1040 g/mol. The minimum absolute atomic E-state index is 0.276. The summed E-state index contributed by atoms with van der Waals surface area (Å²) >= 11 is 0. The molecule has 0 amide bonds. The van der Waals surface area contributed by atoms with Crippen molar-refractivity contribution in [2.45, 2.75) is 388 Å². The number of rotatable bonds is 3. The van der Waals surface area contributed by atoms with Crippen LogP contribution in [0.5, 0.6) is 0 Å². The Hall–Kier alpha value is -0.360. The molecule has 0 aromatic carbocycles. The molecule has 6 heterocycles. The van der Waals surface area contributed by atoms with Crippen LogP contribution in [0.3, 0.4) is 0 Å². The Morgan fingerprint density at radius 2 is 0.588 bits per heavy atom.